The van der Waals surface area contributed by atoms with E-state index in [0.717, 1.165) is 5.56 Å². The van der Waals surface area contributed by atoms with Gasteiger partial charge in [0.2, 0.25) is 0 Å². The Morgan fingerprint density at radius 2 is 1.70 bits per heavy atom. The molecule has 2 aromatic rings. The average molecular weight is 333 g/mol. The average Bonchev–Trinajstić information content (AvgIpc) is 2.85. The zero-order valence-corrected chi connectivity index (χ0v) is 14.9. The van der Waals surface area contributed by atoms with Crippen LogP contribution in [-0.4, -0.2) is 19.1 Å². The van der Waals surface area contributed by atoms with Crippen molar-refractivity contribution in [2.45, 2.75) is 34.2 Å². The molecule has 0 aliphatic rings. The molecular weight excluding hydrogens is 310 g/mol. The lowest BCUT2D eigenvalue weighted by Crippen LogP contribution is -2.23. The van der Waals surface area contributed by atoms with Crippen molar-refractivity contribution in [1.29, 1.82) is 0 Å². The number of hydrogen-bond donors (Lipinski definition) is 1. The molecule has 0 aliphatic heterocycles. The Kier molecular flexibility index (Phi) is 6.04. The molecule has 0 radical (unpaired) electrons. The molecule has 0 atom stereocenters. The van der Waals surface area contributed by atoms with Crippen LogP contribution in [0, 0.1) is 13.8 Å². The highest BCUT2D eigenvalue weighted by atomic mass is 32.1. The second kappa shape index (κ2) is 8.02. The van der Waals surface area contributed by atoms with Gasteiger partial charge in [0.1, 0.15) is 11.5 Å². The number of carbonyl (C=O) groups is 1. The molecule has 2 rings (SSSR count). The zero-order valence-electron chi connectivity index (χ0n) is 14.1. The number of rotatable bonds is 7. The van der Waals surface area contributed by atoms with E-state index in [9.17, 15) is 4.79 Å². The quantitative estimate of drug-likeness (QED) is 0.830. The lowest BCUT2D eigenvalue weighted by molar-refractivity contribution is 0.0950. The van der Waals surface area contributed by atoms with Crippen molar-refractivity contribution in [2.75, 3.05) is 13.2 Å². The van der Waals surface area contributed by atoms with Crippen molar-refractivity contribution in [2.24, 2.45) is 0 Å². The van der Waals surface area contributed by atoms with E-state index in [2.05, 4.69) is 24.5 Å². The van der Waals surface area contributed by atoms with Gasteiger partial charge in [-0.2, -0.15) is 0 Å². The molecule has 1 aromatic heterocycles. The molecule has 0 fully saturated rings. The van der Waals surface area contributed by atoms with E-state index in [1.54, 1.807) is 29.5 Å². The van der Waals surface area contributed by atoms with Crippen LogP contribution in [0.25, 0.3) is 0 Å². The van der Waals surface area contributed by atoms with Crippen molar-refractivity contribution >= 4 is 17.2 Å². The van der Waals surface area contributed by atoms with Crippen LogP contribution >= 0.6 is 11.3 Å². The lowest BCUT2D eigenvalue weighted by atomic mass is 10.1. The molecule has 4 nitrogen and oxygen atoms in total. The summed E-state index contributed by atoms with van der Waals surface area (Å²) in [6.07, 6.45) is 0. The Labute approximate surface area is 141 Å². The molecule has 1 aromatic carbocycles. The fourth-order valence-electron chi connectivity index (χ4n) is 2.22. The van der Waals surface area contributed by atoms with Gasteiger partial charge in [-0.25, -0.2) is 0 Å². The summed E-state index contributed by atoms with van der Waals surface area (Å²) in [6, 6.07) is 5.29. The van der Waals surface area contributed by atoms with Crippen LogP contribution in [-0.2, 0) is 6.54 Å². The fourth-order valence-corrected chi connectivity index (χ4v) is 3.10. The molecular formula is C18H23NO3S. The van der Waals surface area contributed by atoms with Gasteiger partial charge in [-0.3, -0.25) is 4.79 Å². The molecule has 1 N–H and O–H groups in total. The van der Waals surface area contributed by atoms with Crippen LogP contribution in [0.15, 0.2) is 23.6 Å². The number of hydrogen-bond acceptors (Lipinski definition) is 4. The highest BCUT2D eigenvalue weighted by Crippen LogP contribution is 2.24. The summed E-state index contributed by atoms with van der Waals surface area (Å²) in [5.41, 5.74) is 2.95. The first-order valence-electron chi connectivity index (χ1n) is 7.77. The van der Waals surface area contributed by atoms with Crippen molar-refractivity contribution in [3.8, 4) is 11.5 Å². The third-order valence-corrected chi connectivity index (χ3v) is 4.65. The standard InChI is InChI=1S/C18H23NO3S/c1-5-21-16-7-14(8-17(9-16)22-6-2)18(20)19-10-15-11-23-13(4)12(15)3/h7-9,11H,5-6,10H2,1-4H3,(H,19,20). The third kappa shape index (κ3) is 4.48. The van der Waals surface area contributed by atoms with E-state index in [1.165, 1.54) is 10.4 Å². The van der Waals surface area contributed by atoms with E-state index in [4.69, 9.17) is 9.47 Å². The Bertz CT molecular complexity index is 655. The smallest absolute Gasteiger partial charge is 0.251 e. The third-order valence-electron chi connectivity index (χ3n) is 3.59. The van der Waals surface area contributed by atoms with E-state index >= 15 is 0 Å². The Morgan fingerprint density at radius 1 is 1.09 bits per heavy atom. The van der Waals surface area contributed by atoms with Crippen LogP contribution in [0.4, 0.5) is 0 Å². The number of thiophene rings is 1. The van der Waals surface area contributed by atoms with Crippen molar-refractivity contribution in [3.63, 3.8) is 0 Å². The van der Waals surface area contributed by atoms with Crippen LogP contribution in [0.5, 0.6) is 11.5 Å². The Hall–Kier alpha value is -2.01. The number of ether oxygens (including phenoxy) is 2. The minimum absolute atomic E-state index is 0.129. The Balaban J connectivity index is 2.12. The van der Waals surface area contributed by atoms with Crippen molar-refractivity contribution in [1.82, 2.24) is 5.32 Å². The number of aryl methyl sites for hydroxylation is 1. The first kappa shape index (κ1) is 17.3. The van der Waals surface area contributed by atoms with Crippen molar-refractivity contribution in [3.05, 3.63) is 45.1 Å². The van der Waals surface area contributed by atoms with Gasteiger partial charge >= 0.3 is 0 Å². The van der Waals surface area contributed by atoms with E-state index in [-0.39, 0.29) is 5.91 Å². The summed E-state index contributed by atoms with van der Waals surface area (Å²) >= 11 is 1.71. The first-order chi connectivity index (χ1) is 11.0. The predicted octanol–water partition coefficient (Wildman–Crippen LogP) is 4.09. The summed E-state index contributed by atoms with van der Waals surface area (Å²) in [4.78, 5) is 13.7. The van der Waals surface area contributed by atoms with E-state index in [0.29, 0.717) is 36.8 Å². The number of carbonyl (C=O) groups excluding carboxylic acids is 1. The van der Waals surface area contributed by atoms with Gasteiger partial charge in [-0.1, -0.05) is 0 Å². The molecule has 0 aliphatic carbocycles. The van der Waals surface area contributed by atoms with Crippen molar-refractivity contribution < 1.29 is 14.3 Å². The van der Waals surface area contributed by atoms with Gasteiger partial charge in [0.05, 0.1) is 13.2 Å². The van der Waals surface area contributed by atoms with E-state index in [1.807, 2.05) is 13.8 Å². The van der Waals surface area contributed by atoms with Gasteiger partial charge in [-0.15, -0.1) is 11.3 Å². The number of amides is 1. The monoisotopic (exact) mass is 333 g/mol. The minimum atomic E-state index is -0.129. The summed E-state index contributed by atoms with van der Waals surface area (Å²) in [7, 11) is 0. The van der Waals surface area contributed by atoms with Crippen LogP contribution < -0.4 is 14.8 Å². The van der Waals surface area contributed by atoms with Gasteiger partial charge < -0.3 is 14.8 Å². The molecule has 0 spiro atoms. The van der Waals surface area contributed by atoms with Gasteiger partial charge in [0.15, 0.2) is 0 Å². The largest absolute Gasteiger partial charge is 0.494 e. The number of benzene rings is 1. The first-order valence-corrected chi connectivity index (χ1v) is 8.65. The molecule has 0 unspecified atom stereocenters. The normalized spacial score (nSPS) is 10.4. The number of nitrogens with one attached hydrogen (secondary N) is 1. The Morgan fingerprint density at radius 3 is 2.17 bits per heavy atom. The molecule has 124 valence electrons. The lowest BCUT2D eigenvalue weighted by Gasteiger charge is -2.11. The second-order valence-electron chi connectivity index (χ2n) is 5.18. The maximum atomic E-state index is 12.4. The fraction of sp³-hybridized carbons (Fsp3) is 0.389. The SMILES string of the molecule is CCOc1cc(OCC)cc(C(=O)NCc2csc(C)c2C)c1. The summed E-state index contributed by atoms with van der Waals surface area (Å²) in [5.74, 6) is 1.16. The van der Waals surface area contributed by atoms with Crippen LogP contribution in [0.1, 0.15) is 40.2 Å². The molecule has 0 saturated heterocycles. The van der Waals surface area contributed by atoms with E-state index < -0.39 is 0 Å². The topological polar surface area (TPSA) is 47.6 Å². The second-order valence-corrected chi connectivity index (χ2v) is 6.27. The molecule has 0 saturated carbocycles. The highest BCUT2D eigenvalue weighted by Gasteiger charge is 2.11. The molecule has 1 amide bonds. The summed E-state index contributed by atoms with van der Waals surface area (Å²) in [6.45, 7) is 9.61. The minimum Gasteiger partial charge on any atom is -0.494 e. The maximum Gasteiger partial charge on any atom is 0.251 e. The van der Waals surface area contributed by atoms with Gasteiger partial charge in [0, 0.05) is 23.1 Å². The van der Waals surface area contributed by atoms with Crippen LogP contribution in [0.3, 0.4) is 0 Å². The van der Waals surface area contributed by atoms with Gasteiger partial charge in [-0.05, 0) is 56.3 Å². The van der Waals surface area contributed by atoms with Crippen LogP contribution in [0.2, 0.25) is 0 Å². The molecule has 0 bridgehead atoms. The predicted molar refractivity (Wildman–Crippen MR) is 93.7 cm³/mol. The molecule has 5 heteroatoms. The highest BCUT2D eigenvalue weighted by molar-refractivity contribution is 7.10. The summed E-state index contributed by atoms with van der Waals surface area (Å²) in [5, 5.41) is 5.06. The molecule has 23 heavy (non-hydrogen) atoms. The summed E-state index contributed by atoms with van der Waals surface area (Å²) < 4.78 is 11.0. The zero-order chi connectivity index (χ0) is 16.8. The maximum absolute atomic E-state index is 12.4. The molecule has 1 heterocycles. The van der Waals surface area contributed by atoms with Gasteiger partial charge in [0.25, 0.3) is 5.91 Å².